The standard InChI is InChI=1S/C17H18ClF6N5O/c1-9-14(18)15(17(22,23)24)27-29(9)8-13(30)25-5-2-6-28-11(10-3-4-10)7-12(26-28)16(19,20)21/h7,10H,2-6,8H2,1H3,(H,25,30). The molecular formula is C17H18ClF6N5O. The van der Waals surface area contributed by atoms with Crippen LogP contribution in [0.5, 0.6) is 0 Å². The average Bonchev–Trinajstić information content (AvgIpc) is 3.31. The maximum atomic E-state index is 12.9. The molecule has 6 nitrogen and oxygen atoms in total. The predicted octanol–water partition coefficient (Wildman–Crippen LogP) is 4.16. The lowest BCUT2D eigenvalue weighted by Gasteiger charge is -2.09. The van der Waals surface area contributed by atoms with E-state index in [-0.39, 0.29) is 24.7 Å². The van der Waals surface area contributed by atoms with Crippen LogP contribution in [0.3, 0.4) is 0 Å². The van der Waals surface area contributed by atoms with Gasteiger partial charge in [0.1, 0.15) is 6.54 Å². The number of alkyl halides is 6. The molecule has 1 amide bonds. The summed E-state index contributed by atoms with van der Waals surface area (Å²) in [5, 5.41) is 8.90. The van der Waals surface area contributed by atoms with Gasteiger partial charge in [-0.25, -0.2) is 0 Å². The minimum Gasteiger partial charge on any atom is -0.354 e. The first-order valence-corrected chi connectivity index (χ1v) is 9.47. The molecular weight excluding hydrogens is 440 g/mol. The number of hydrogen-bond donors (Lipinski definition) is 1. The van der Waals surface area contributed by atoms with Gasteiger partial charge in [-0.15, -0.1) is 0 Å². The summed E-state index contributed by atoms with van der Waals surface area (Å²) in [4.78, 5) is 12.0. The third-order valence-electron chi connectivity index (χ3n) is 4.66. The van der Waals surface area contributed by atoms with Crippen molar-refractivity contribution in [1.82, 2.24) is 24.9 Å². The van der Waals surface area contributed by atoms with Crippen LogP contribution in [0.15, 0.2) is 6.07 Å². The van der Waals surface area contributed by atoms with Gasteiger partial charge in [0.25, 0.3) is 0 Å². The van der Waals surface area contributed by atoms with Gasteiger partial charge in [0.05, 0.1) is 10.7 Å². The Bertz CT molecular complexity index is 928. The first kappa shape index (κ1) is 22.4. The van der Waals surface area contributed by atoms with Gasteiger partial charge in [0, 0.05) is 24.7 Å². The fraction of sp³-hybridized carbons (Fsp3) is 0.588. The fourth-order valence-electron chi connectivity index (χ4n) is 2.96. The molecule has 13 heteroatoms. The van der Waals surface area contributed by atoms with E-state index in [1.54, 1.807) is 0 Å². The second-order valence-corrected chi connectivity index (χ2v) is 7.43. The highest BCUT2D eigenvalue weighted by Gasteiger charge is 2.39. The molecule has 30 heavy (non-hydrogen) atoms. The van der Waals surface area contributed by atoms with Crippen LogP contribution in [0.4, 0.5) is 26.3 Å². The molecule has 0 spiro atoms. The highest BCUT2D eigenvalue weighted by Crippen LogP contribution is 2.42. The molecule has 0 atom stereocenters. The first-order chi connectivity index (χ1) is 13.9. The molecule has 1 N–H and O–H groups in total. The van der Waals surface area contributed by atoms with Crippen LogP contribution in [-0.4, -0.2) is 32.0 Å². The average molecular weight is 458 g/mol. The number of halogens is 7. The van der Waals surface area contributed by atoms with Crippen LogP contribution < -0.4 is 5.32 Å². The third-order valence-corrected chi connectivity index (χ3v) is 5.11. The number of hydrogen-bond acceptors (Lipinski definition) is 3. The molecule has 2 aromatic rings. The molecule has 1 aliphatic carbocycles. The van der Waals surface area contributed by atoms with Crippen LogP contribution in [0.25, 0.3) is 0 Å². The minimum atomic E-state index is -4.73. The van der Waals surface area contributed by atoms with Gasteiger partial charge in [-0.1, -0.05) is 11.6 Å². The summed E-state index contributed by atoms with van der Waals surface area (Å²) in [7, 11) is 0. The van der Waals surface area contributed by atoms with Crippen molar-refractivity contribution in [2.75, 3.05) is 6.54 Å². The molecule has 0 aliphatic heterocycles. The zero-order chi connectivity index (χ0) is 22.3. The number of aryl methyl sites for hydroxylation is 1. The summed E-state index contributed by atoms with van der Waals surface area (Å²) in [6.45, 7) is 1.14. The van der Waals surface area contributed by atoms with E-state index in [4.69, 9.17) is 11.6 Å². The van der Waals surface area contributed by atoms with Crippen molar-refractivity contribution in [2.24, 2.45) is 0 Å². The van der Waals surface area contributed by atoms with Crippen molar-refractivity contribution in [3.63, 3.8) is 0 Å². The smallest absolute Gasteiger partial charge is 0.354 e. The van der Waals surface area contributed by atoms with Crippen molar-refractivity contribution in [1.29, 1.82) is 0 Å². The highest BCUT2D eigenvalue weighted by molar-refractivity contribution is 6.32. The van der Waals surface area contributed by atoms with Gasteiger partial charge in [-0.05, 0) is 32.3 Å². The summed E-state index contributed by atoms with van der Waals surface area (Å²) in [5.74, 6) is -0.525. The summed E-state index contributed by atoms with van der Waals surface area (Å²) in [5.41, 5.74) is -1.68. The molecule has 0 unspecified atom stereocenters. The quantitative estimate of drug-likeness (QED) is 0.501. The van der Waals surface area contributed by atoms with Gasteiger partial charge >= 0.3 is 12.4 Å². The fourth-order valence-corrected chi connectivity index (χ4v) is 3.21. The monoisotopic (exact) mass is 457 g/mol. The zero-order valence-corrected chi connectivity index (χ0v) is 16.5. The largest absolute Gasteiger partial charge is 0.436 e. The van der Waals surface area contributed by atoms with Crippen molar-refractivity contribution in [3.8, 4) is 0 Å². The van der Waals surface area contributed by atoms with Gasteiger partial charge in [-0.2, -0.15) is 36.5 Å². The van der Waals surface area contributed by atoms with Crippen molar-refractivity contribution < 1.29 is 31.1 Å². The van der Waals surface area contributed by atoms with Crippen LogP contribution in [-0.2, 0) is 30.2 Å². The van der Waals surface area contributed by atoms with E-state index in [0.29, 0.717) is 12.1 Å². The van der Waals surface area contributed by atoms with E-state index in [1.807, 2.05) is 0 Å². The number of rotatable bonds is 7. The number of carbonyl (C=O) groups excluding carboxylic acids is 1. The SMILES string of the molecule is Cc1c(Cl)c(C(F)(F)F)nn1CC(=O)NCCCn1nc(C(F)(F)F)cc1C1CC1. The van der Waals surface area contributed by atoms with E-state index in [1.165, 1.54) is 11.6 Å². The molecule has 166 valence electrons. The number of nitrogens with one attached hydrogen (secondary N) is 1. The Labute approximate surface area is 172 Å². The number of amides is 1. The second kappa shape index (κ2) is 8.12. The Kier molecular flexibility index (Phi) is 6.08. The third kappa shape index (κ3) is 5.08. The molecule has 0 aromatic carbocycles. The Hall–Kier alpha value is -2.24. The van der Waals surface area contributed by atoms with Crippen molar-refractivity contribution in [2.45, 2.75) is 57.5 Å². The zero-order valence-electron chi connectivity index (χ0n) is 15.7. The van der Waals surface area contributed by atoms with E-state index < -0.39 is 41.2 Å². The van der Waals surface area contributed by atoms with E-state index in [2.05, 4.69) is 15.5 Å². The van der Waals surface area contributed by atoms with Crippen molar-refractivity contribution >= 4 is 17.5 Å². The van der Waals surface area contributed by atoms with Gasteiger partial charge < -0.3 is 5.32 Å². The van der Waals surface area contributed by atoms with E-state index in [9.17, 15) is 31.1 Å². The summed E-state index contributed by atoms with van der Waals surface area (Å²) >= 11 is 5.63. The molecule has 3 rings (SSSR count). The summed E-state index contributed by atoms with van der Waals surface area (Å²) in [6, 6.07) is 1.05. The first-order valence-electron chi connectivity index (χ1n) is 9.09. The summed E-state index contributed by atoms with van der Waals surface area (Å²) < 4.78 is 79.3. The number of nitrogens with zero attached hydrogens (tertiary/aromatic N) is 4. The molecule has 0 radical (unpaired) electrons. The maximum absolute atomic E-state index is 12.9. The number of carbonyl (C=O) groups is 1. The van der Waals surface area contributed by atoms with Crippen LogP contribution in [0.1, 0.15) is 48.0 Å². The second-order valence-electron chi connectivity index (χ2n) is 7.06. The highest BCUT2D eigenvalue weighted by atomic mass is 35.5. The van der Waals surface area contributed by atoms with E-state index >= 15 is 0 Å². The molecule has 1 aliphatic rings. The Morgan fingerprint density at radius 3 is 2.37 bits per heavy atom. The molecule has 1 saturated carbocycles. The molecule has 0 bridgehead atoms. The lowest BCUT2D eigenvalue weighted by Crippen LogP contribution is -2.30. The number of aromatic nitrogens is 4. The Balaban J connectivity index is 1.53. The van der Waals surface area contributed by atoms with Gasteiger partial charge in [0.2, 0.25) is 5.91 Å². The molecule has 0 saturated heterocycles. The van der Waals surface area contributed by atoms with Crippen molar-refractivity contribution in [3.05, 3.63) is 33.9 Å². The van der Waals surface area contributed by atoms with Gasteiger partial charge in [0.15, 0.2) is 11.4 Å². The Morgan fingerprint density at radius 1 is 1.17 bits per heavy atom. The normalized spacial score (nSPS) is 14.9. The summed E-state index contributed by atoms with van der Waals surface area (Å²) in [6.07, 6.45) is -7.34. The van der Waals surface area contributed by atoms with Gasteiger partial charge in [-0.3, -0.25) is 14.2 Å². The molecule has 2 heterocycles. The van der Waals surface area contributed by atoms with Crippen LogP contribution in [0.2, 0.25) is 5.02 Å². The van der Waals surface area contributed by atoms with E-state index in [0.717, 1.165) is 23.6 Å². The molecule has 1 fully saturated rings. The lowest BCUT2D eigenvalue weighted by atomic mass is 10.2. The predicted molar refractivity (Wildman–Crippen MR) is 93.8 cm³/mol. The topological polar surface area (TPSA) is 64.7 Å². The lowest BCUT2D eigenvalue weighted by molar-refractivity contribution is -0.142. The minimum absolute atomic E-state index is 0.00411. The van der Waals surface area contributed by atoms with Crippen LogP contribution in [0, 0.1) is 6.92 Å². The van der Waals surface area contributed by atoms with Crippen LogP contribution >= 0.6 is 11.6 Å². The molecule has 2 aromatic heterocycles. The Morgan fingerprint density at radius 2 is 1.83 bits per heavy atom. The maximum Gasteiger partial charge on any atom is 0.436 e.